The van der Waals surface area contributed by atoms with Gasteiger partial charge in [-0.25, -0.2) is 0 Å². The Morgan fingerprint density at radius 1 is 1.26 bits per heavy atom. The van der Waals surface area contributed by atoms with Gasteiger partial charge in [-0.3, -0.25) is 4.68 Å². The third-order valence-electron chi connectivity index (χ3n) is 3.32. The van der Waals surface area contributed by atoms with Crippen LogP contribution in [0.1, 0.15) is 31.7 Å². The number of pyridine rings is 1. The van der Waals surface area contributed by atoms with Crippen molar-refractivity contribution in [2.24, 2.45) is 0 Å². The molecule has 0 amide bonds. The Bertz CT molecular complexity index is 555. The van der Waals surface area contributed by atoms with Crippen LogP contribution in [-0.2, 0) is 6.54 Å². The minimum atomic E-state index is 0.996. The van der Waals surface area contributed by atoms with Crippen molar-refractivity contribution >= 4 is 0 Å². The van der Waals surface area contributed by atoms with Crippen LogP contribution in [-0.4, -0.2) is 14.8 Å². The average Bonchev–Trinajstić information content (AvgIpc) is 2.55. The molecule has 0 aromatic heterocycles. The zero-order valence-electron chi connectivity index (χ0n) is 11.9. The number of fused-ring (bicyclic) bond motifs is 1. The SMILES string of the molecule is C=C(C)CCCCn1[nH]ccc(C)c2[nH]cccc1-2. The second kappa shape index (κ2) is 6.32. The molecule has 2 rings (SSSR count). The second-order valence-electron chi connectivity index (χ2n) is 5.14. The van der Waals surface area contributed by atoms with Gasteiger partial charge in [0.15, 0.2) is 0 Å². The molecule has 2 aliphatic heterocycles. The van der Waals surface area contributed by atoms with Crippen molar-refractivity contribution < 1.29 is 0 Å². The standard InChI is InChI=1S/C16H23N3/c1-13(2)7-4-5-12-19-15-8-6-10-17-16(15)14(3)9-11-18-19/h6,8-11,17-18H,1,4-5,7,12H2,2-3H3. The van der Waals surface area contributed by atoms with Crippen molar-refractivity contribution in [3.63, 3.8) is 0 Å². The molecule has 0 unspecified atom stereocenters. The lowest BCUT2D eigenvalue weighted by Gasteiger charge is -2.12. The van der Waals surface area contributed by atoms with Gasteiger partial charge in [0.25, 0.3) is 0 Å². The number of unbranched alkanes of at least 4 members (excludes halogenated alkanes) is 1. The summed E-state index contributed by atoms with van der Waals surface area (Å²) in [4.78, 5) is 3.33. The molecule has 0 atom stereocenters. The maximum absolute atomic E-state index is 3.95. The fourth-order valence-electron chi connectivity index (χ4n) is 2.26. The fourth-order valence-corrected chi connectivity index (χ4v) is 2.26. The Balaban J connectivity index is 2.18. The van der Waals surface area contributed by atoms with E-state index >= 15 is 0 Å². The zero-order chi connectivity index (χ0) is 13.7. The largest absolute Gasteiger partial charge is 0.360 e. The maximum atomic E-state index is 3.95. The van der Waals surface area contributed by atoms with Crippen molar-refractivity contribution in [1.29, 1.82) is 0 Å². The molecule has 0 spiro atoms. The predicted octanol–water partition coefficient (Wildman–Crippen LogP) is 4.43. The van der Waals surface area contributed by atoms with Crippen molar-refractivity contribution in [1.82, 2.24) is 14.8 Å². The van der Waals surface area contributed by atoms with Crippen molar-refractivity contribution in [3.05, 3.63) is 48.3 Å². The van der Waals surface area contributed by atoms with E-state index in [0.717, 1.165) is 19.4 Å². The normalized spacial score (nSPS) is 10.6. The molecule has 2 aliphatic rings. The molecular weight excluding hydrogens is 234 g/mol. The molecule has 0 aliphatic carbocycles. The van der Waals surface area contributed by atoms with Crippen LogP contribution < -0.4 is 0 Å². The lowest BCUT2D eigenvalue weighted by Crippen LogP contribution is -2.06. The van der Waals surface area contributed by atoms with E-state index in [1.54, 1.807) is 0 Å². The highest BCUT2D eigenvalue weighted by Crippen LogP contribution is 2.20. The summed E-state index contributed by atoms with van der Waals surface area (Å²) in [7, 11) is 0. The van der Waals surface area contributed by atoms with Gasteiger partial charge in [0.2, 0.25) is 0 Å². The molecule has 2 heterocycles. The number of allylic oxidation sites excluding steroid dienone is 1. The number of aryl methyl sites for hydroxylation is 2. The number of hydrogen-bond donors (Lipinski definition) is 2. The minimum Gasteiger partial charge on any atom is -0.360 e. The van der Waals surface area contributed by atoms with E-state index < -0.39 is 0 Å². The van der Waals surface area contributed by atoms with Crippen molar-refractivity contribution in [3.8, 4) is 11.4 Å². The molecule has 3 heteroatoms. The molecular formula is C16H23N3. The highest BCUT2D eigenvalue weighted by atomic mass is 15.3. The quantitative estimate of drug-likeness (QED) is 0.587. The number of nitrogens with zero attached hydrogens (tertiary/aromatic N) is 1. The van der Waals surface area contributed by atoms with Crippen LogP contribution in [0.4, 0.5) is 0 Å². The summed E-state index contributed by atoms with van der Waals surface area (Å²) in [6.07, 6.45) is 7.43. The summed E-state index contributed by atoms with van der Waals surface area (Å²) < 4.78 is 2.21. The Labute approximate surface area is 115 Å². The first kappa shape index (κ1) is 13.5. The van der Waals surface area contributed by atoms with Gasteiger partial charge in [-0.1, -0.05) is 5.57 Å². The third kappa shape index (κ3) is 3.53. The van der Waals surface area contributed by atoms with Crippen molar-refractivity contribution in [2.75, 3.05) is 0 Å². The molecule has 0 saturated heterocycles. The average molecular weight is 257 g/mol. The lowest BCUT2D eigenvalue weighted by atomic mass is 10.1. The van der Waals surface area contributed by atoms with E-state index in [4.69, 9.17) is 0 Å². The lowest BCUT2D eigenvalue weighted by molar-refractivity contribution is 0.554. The van der Waals surface area contributed by atoms with Gasteiger partial charge in [-0.05, 0) is 56.9 Å². The Kier molecular flexibility index (Phi) is 4.50. The number of H-pyrrole nitrogens is 2. The number of rotatable bonds is 5. The summed E-state index contributed by atoms with van der Waals surface area (Å²) in [6, 6.07) is 6.29. The van der Waals surface area contributed by atoms with Crippen LogP contribution in [0.5, 0.6) is 0 Å². The molecule has 102 valence electrons. The molecule has 0 radical (unpaired) electrons. The zero-order valence-corrected chi connectivity index (χ0v) is 11.9. The summed E-state index contributed by atoms with van der Waals surface area (Å²) in [5, 5.41) is 3.35. The molecule has 3 nitrogen and oxygen atoms in total. The van der Waals surface area contributed by atoms with Crippen LogP contribution >= 0.6 is 0 Å². The van der Waals surface area contributed by atoms with E-state index in [-0.39, 0.29) is 0 Å². The van der Waals surface area contributed by atoms with Gasteiger partial charge in [0.05, 0.1) is 11.4 Å². The second-order valence-corrected chi connectivity index (χ2v) is 5.14. The minimum absolute atomic E-state index is 0.996. The number of hydrogen-bond acceptors (Lipinski definition) is 0. The molecule has 0 bridgehead atoms. The monoisotopic (exact) mass is 257 g/mol. The Morgan fingerprint density at radius 2 is 2.11 bits per heavy atom. The number of nitrogens with one attached hydrogen (secondary N) is 2. The maximum Gasteiger partial charge on any atom is 0.0809 e. The first-order valence-electron chi connectivity index (χ1n) is 6.88. The molecule has 0 aromatic rings. The first-order chi connectivity index (χ1) is 9.18. The number of aromatic amines is 2. The van der Waals surface area contributed by atoms with Gasteiger partial charge in [0, 0.05) is 18.9 Å². The van der Waals surface area contributed by atoms with Crippen LogP contribution in [0.25, 0.3) is 11.4 Å². The highest BCUT2D eigenvalue weighted by Gasteiger charge is 2.06. The van der Waals surface area contributed by atoms with Crippen LogP contribution in [0, 0.1) is 6.92 Å². The smallest absolute Gasteiger partial charge is 0.0809 e. The van der Waals surface area contributed by atoms with Crippen molar-refractivity contribution in [2.45, 2.75) is 39.7 Å². The topological polar surface area (TPSA) is 36.5 Å². The van der Waals surface area contributed by atoms with Gasteiger partial charge in [0.1, 0.15) is 0 Å². The van der Waals surface area contributed by atoms with E-state index in [1.165, 1.54) is 28.9 Å². The van der Waals surface area contributed by atoms with Crippen LogP contribution in [0.15, 0.2) is 42.7 Å². The van der Waals surface area contributed by atoms with E-state index in [1.807, 2.05) is 18.5 Å². The summed E-state index contributed by atoms with van der Waals surface area (Å²) >= 11 is 0. The Morgan fingerprint density at radius 3 is 2.89 bits per heavy atom. The molecule has 0 aromatic carbocycles. The van der Waals surface area contributed by atoms with Gasteiger partial charge in [-0.15, -0.1) is 6.58 Å². The molecule has 0 fully saturated rings. The molecule has 0 saturated carbocycles. The Hall–Kier alpha value is -1.90. The summed E-state index contributed by atoms with van der Waals surface area (Å²) in [6.45, 7) is 9.16. The van der Waals surface area contributed by atoms with Gasteiger partial charge >= 0.3 is 0 Å². The third-order valence-corrected chi connectivity index (χ3v) is 3.32. The molecule has 19 heavy (non-hydrogen) atoms. The van der Waals surface area contributed by atoms with Crippen LogP contribution in [0.2, 0.25) is 0 Å². The highest BCUT2D eigenvalue weighted by molar-refractivity contribution is 5.58. The predicted molar refractivity (Wildman–Crippen MR) is 80.8 cm³/mol. The fraction of sp³-hybridized carbons (Fsp3) is 0.375. The van der Waals surface area contributed by atoms with E-state index in [2.05, 4.69) is 47.3 Å². The van der Waals surface area contributed by atoms with Crippen LogP contribution in [0.3, 0.4) is 0 Å². The summed E-state index contributed by atoms with van der Waals surface area (Å²) in [5.74, 6) is 0. The summed E-state index contributed by atoms with van der Waals surface area (Å²) in [5.41, 5.74) is 4.90. The van der Waals surface area contributed by atoms with Gasteiger partial charge in [-0.2, -0.15) is 0 Å². The van der Waals surface area contributed by atoms with E-state index in [9.17, 15) is 0 Å². The van der Waals surface area contributed by atoms with E-state index in [0.29, 0.717) is 0 Å². The first-order valence-corrected chi connectivity index (χ1v) is 6.88. The molecule has 2 N–H and O–H groups in total. The van der Waals surface area contributed by atoms with Gasteiger partial charge < -0.3 is 10.1 Å². The number of aromatic nitrogens is 3.